The van der Waals surface area contributed by atoms with Crippen molar-refractivity contribution in [2.24, 2.45) is 0 Å². The second kappa shape index (κ2) is 7.08. The molecule has 1 atom stereocenters. The van der Waals surface area contributed by atoms with Crippen LogP contribution >= 0.6 is 15.9 Å². The molecule has 1 spiro atoms. The van der Waals surface area contributed by atoms with Gasteiger partial charge in [0.25, 0.3) is 0 Å². The van der Waals surface area contributed by atoms with E-state index in [1.54, 1.807) is 0 Å². The van der Waals surface area contributed by atoms with E-state index in [-0.39, 0.29) is 5.41 Å². The first-order valence-electron chi connectivity index (χ1n) is 12.5. The summed E-state index contributed by atoms with van der Waals surface area (Å²) in [7, 11) is 0. The van der Waals surface area contributed by atoms with Crippen LogP contribution in [0, 0.1) is 0 Å². The number of benzene rings is 4. The Morgan fingerprint density at radius 2 is 1.49 bits per heavy atom. The molecule has 4 aromatic carbocycles. The number of rotatable bonds is 0. The first kappa shape index (κ1) is 19.9. The van der Waals surface area contributed by atoms with Gasteiger partial charge < -0.3 is 4.42 Å². The highest BCUT2D eigenvalue weighted by atomic mass is 79.9. The second-order valence-corrected chi connectivity index (χ2v) is 10.9. The lowest BCUT2D eigenvalue weighted by atomic mass is 9.66. The Labute approximate surface area is 213 Å². The van der Waals surface area contributed by atoms with Crippen molar-refractivity contribution in [3.05, 3.63) is 134 Å². The van der Waals surface area contributed by atoms with E-state index >= 15 is 0 Å². The largest absolute Gasteiger partial charge is 0.460 e. The van der Waals surface area contributed by atoms with Gasteiger partial charge in [-0.05, 0) is 88.0 Å². The fourth-order valence-electron chi connectivity index (χ4n) is 6.95. The molecule has 0 saturated heterocycles. The van der Waals surface area contributed by atoms with Crippen LogP contribution in [0.5, 0.6) is 0 Å². The Bertz CT molecular complexity index is 1720. The normalized spacial score (nSPS) is 19.1. The predicted octanol–water partition coefficient (Wildman–Crippen LogP) is 8.62. The molecule has 1 unspecified atom stereocenters. The third-order valence-electron chi connectivity index (χ3n) is 8.35. The van der Waals surface area contributed by atoms with Crippen molar-refractivity contribution in [3.63, 3.8) is 0 Å². The van der Waals surface area contributed by atoms with Gasteiger partial charge in [0, 0.05) is 21.8 Å². The van der Waals surface area contributed by atoms with Gasteiger partial charge in [-0.1, -0.05) is 82.7 Å². The van der Waals surface area contributed by atoms with Gasteiger partial charge >= 0.3 is 0 Å². The quantitative estimate of drug-likeness (QED) is 0.197. The maximum absolute atomic E-state index is 6.52. The monoisotopic (exact) mass is 514 g/mol. The van der Waals surface area contributed by atoms with Gasteiger partial charge in [0.05, 0.1) is 5.41 Å². The molecule has 0 N–H and O–H groups in total. The zero-order valence-electron chi connectivity index (χ0n) is 19.3. The van der Waals surface area contributed by atoms with E-state index in [4.69, 9.17) is 4.42 Å². The summed E-state index contributed by atoms with van der Waals surface area (Å²) in [4.78, 5) is 0. The van der Waals surface area contributed by atoms with Crippen molar-refractivity contribution in [2.75, 3.05) is 0 Å². The summed E-state index contributed by atoms with van der Waals surface area (Å²) in [5.74, 6) is 1.12. The van der Waals surface area contributed by atoms with Crippen molar-refractivity contribution in [1.82, 2.24) is 0 Å². The summed E-state index contributed by atoms with van der Waals surface area (Å²) >= 11 is 3.76. The summed E-state index contributed by atoms with van der Waals surface area (Å²) < 4.78 is 7.66. The van der Waals surface area contributed by atoms with Crippen LogP contribution in [0.25, 0.3) is 28.2 Å². The number of halogens is 1. The SMILES string of the molecule is Brc1ccc2c(c1)CCc1ccccc1C21c2ccccc2-c2cc3c4c(oc3cc21)CCC=C4. The summed E-state index contributed by atoms with van der Waals surface area (Å²) in [5, 5.41) is 1.24. The van der Waals surface area contributed by atoms with Crippen molar-refractivity contribution in [2.45, 2.75) is 31.1 Å². The maximum Gasteiger partial charge on any atom is 0.135 e. The lowest BCUT2D eigenvalue weighted by Crippen LogP contribution is -2.29. The Balaban J connectivity index is 1.57. The van der Waals surface area contributed by atoms with Gasteiger partial charge in [-0.2, -0.15) is 0 Å². The molecule has 2 heteroatoms. The van der Waals surface area contributed by atoms with Crippen LogP contribution in [0.2, 0.25) is 0 Å². The van der Waals surface area contributed by atoms with Crippen molar-refractivity contribution in [1.29, 1.82) is 0 Å². The zero-order chi connectivity index (χ0) is 23.1. The molecular formula is C33H23BrO. The molecule has 3 aliphatic carbocycles. The van der Waals surface area contributed by atoms with E-state index in [2.05, 4.69) is 107 Å². The predicted molar refractivity (Wildman–Crippen MR) is 146 cm³/mol. The molecule has 168 valence electrons. The Morgan fingerprint density at radius 3 is 2.43 bits per heavy atom. The molecule has 0 fully saturated rings. The standard InChI is InChI=1S/C33H23BrO/c34-22-15-16-28-21(17-22)14-13-20-7-1-4-10-27(20)33(28)29-11-5-2-8-23(29)25-18-26-24-9-3-6-12-31(24)35-32(26)19-30(25)33/h1-5,7-11,15-19H,6,12-14H2. The van der Waals surface area contributed by atoms with Gasteiger partial charge in [-0.3, -0.25) is 0 Å². The zero-order valence-corrected chi connectivity index (χ0v) is 20.9. The highest BCUT2D eigenvalue weighted by molar-refractivity contribution is 9.10. The van der Waals surface area contributed by atoms with Gasteiger partial charge in [-0.15, -0.1) is 0 Å². The first-order valence-corrected chi connectivity index (χ1v) is 13.3. The van der Waals surface area contributed by atoms with Crippen LogP contribution in [0.3, 0.4) is 0 Å². The van der Waals surface area contributed by atoms with Crippen LogP contribution in [-0.4, -0.2) is 0 Å². The number of aryl methyl sites for hydroxylation is 3. The minimum atomic E-state index is -0.355. The van der Waals surface area contributed by atoms with Crippen LogP contribution in [0.4, 0.5) is 0 Å². The highest BCUT2D eigenvalue weighted by Gasteiger charge is 2.49. The van der Waals surface area contributed by atoms with Crippen LogP contribution < -0.4 is 0 Å². The van der Waals surface area contributed by atoms with Crippen LogP contribution in [0.15, 0.2) is 93.8 Å². The van der Waals surface area contributed by atoms with E-state index in [0.29, 0.717) is 0 Å². The molecule has 1 aromatic heterocycles. The third-order valence-corrected chi connectivity index (χ3v) is 8.84. The van der Waals surface area contributed by atoms with Gasteiger partial charge in [0.2, 0.25) is 0 Å². The first-order chi connectivity index (χ1) is 17.2. The summed E-state index contributed by atoms with van der Waals surface area (Å²) in [5.41, 5.74) is 13.0. The lowest BCUT2D eigenvalue weighted by Gasteiger charge is -2.35. The van der Waals surface area contributed by atoms with E-state index in [1.165, 1.54) is 55.5 Å². The molecule has 1 nitrogen and oxygen atoms in total. The number of hydrogen-bond acceptors (Lipinski definition) is 1. The van der Waals surface area contributed by atoms with Crippen molar-refractivity contribution >= 4 is 33.0 Å². The molecule has 0 amide bonds. The minimum absolute atomic E-state index is 0.355. The topological polar surface area (TPSA) is 13.1 Å². The fourth-order valence-corrected chi connectivity index (χ4v) is 7.36. The average Bonchev–Trinajstić information content (AvgIpc) is 3.34. The van der Waals surface area contributed by atoms with E-state index < -0.39 is 0 Å². The number of allylic oxidation sites excluding steroid dienone is 1. The highest BCUT2D eigenvalue weighted by Crippen LogP contribution is 2.59. The Morgan fingerprint density at radius 1 is 0.686 bits per heavy atom. The minimum Gasteiger partial charge on any atom is -0.460 e. The molecule has 35 heavy (non-hydrogen) atoms. The summed E-state index contributed by atoms with van der Waals surface area (Å²) in [6, 6.07) is 29.8. The smallest absolute Gasteiger partial charge is 0.135 e. The molecule has 5 aromatic rings. The molecule has 0 aliphatic heterocycles. The molecule has 1 heterocycles. The van der Waals surface area contributed by atoms with Gasteiger partial charge in [-0.25, -0.2) is 0 Å². The second-order valence-electron chi connectivity index (χ2n) is 10.0. The molecule has 0 radical (unpaired) electrons. The number of furan rings is 1. The Hall–Kier alpha value is -3.36. The third kappa shape index (κ3) is 2.53. The molecule has 3 aliphatic rings. The van der Waals surface area contributed by atoms with Gasteiger partial charge in [0.15, 0.2) is 0 Å². The van der Waals surface area contributed by atoms with E-state index in [0.717, 1.165) is 41.5 Å². The van der Waals surface area contributed by atoms with E-state index in [1.807, 2.05) is 0 Å². The summed E-state index contributed by atoms with van der Waals surface area (Å²) in [6.07, 6.45) is 8.63. The van der Waals surface area contributed by atoms with Gasteiger partial charge in [0.1, 0.15) is 11.3 Å². The maximum atomic E-state index is 6.52. The molecule has 0 saturated carbocycles. The molecule has 0 bridgehead atoms. The number of fused-ring (bicyclic) bond motifs is 12. The summed E-state index contributed by atoms with van der Waals surface area (Å²) in [6.45, 7) is 0. The fraction of sp³-hybridized carbons (Fsp3) is 0.152. The van der Waals surface area contributed by atoms with E-state index in [9.17, 15) is 0 Å². The lowest BCUT2D eigenvalue weighted by molar-refractivity contribution is 0.545. The van der Waals surface area contributed by atoms with Crippen molar-refractivity contribution < 1.29 is 4.42 Å². The van der Waals surface area contributed by atoms with Crippen LogP contribution in [-0.2, 0) is 24.7 Å². The Kier molecular flexibility index (Phi) is 4.03. The number of hydrogen-bond donors (Lipinski definition) is 0. The van der Waals surface area contributed by atoms with Crippen LogP contribution in [0.1, 0.15) is 51.1 Å². The average molecular weight is 515 g/mol. The molecule has 8 rings (SSSR count). The van der Waals surface area contributed by atoms with Crippen molar-refractivity contribution in [3.8, 4) is 11.1 Å². The molecular weight excluding hydrogens is 492 g/mol.